The Morgan fingerprint density at radius 1 is 0.870 bits per heavy atom. The van der Waals surface area contributed by atoms with E-state index in [4.69, 9.17) is 0 Å². The summed E-state index contributed by atoms with van der Waals surface area (Å²) in [7, 11) is 4.06. The summed E-state index contributed by atoms with van der Waals surface area (Å²) in [5.41, 5.74) is 9.17. The van der Waals surface area contributed by atoms with E-state index in [-0.39, 0.29) is 0 Å². The van der Waals surface area contributed by atoms with Crippen LogP contribution in [0.4, 0.5) is 0 Å². The Hall–Kier alpha value is -0.541. The van der Waals surface area contributed by atoms with Crippen molar-refractivity contribution in [1.82, 2.24) is 20.9 Å². The van der Waals surface area contributed by atoms with Crippen LogP contribution in [0.2, 0.25) is 0 Å². The van der Waals surface area contributed by atoms with Gasteiger partial charge in [-0.1, -0.05) is 0 Å². The zero-order valence-corrected chi connectivity index (χ0v) is 18.1. The minimum atomic E-state index is 0.319. The van der Waals surface area contributed by atoms with Crippen molar-refractivity contribution in [2.45, 2.75) is 46.0 Å². The van der Waals surface area contributed by atoms with Gasteiger partial charge in [-0.05, 0) is 0 Å². The summed E-state index contributed by atoms with van der Waals surface area (Å²) in [6.07, 6.45) is 5.67. The first-order valence-electron chi connectivity index (χ1n) is 8.03. The third-order valence-corrected chi connectivity index (χ3v) is 7.94. The number of nitrogens with one attached hydrogen (secondary N) is 2. The molecule has 2 aliphatic rings. The molecule has 0 spiro atoms. The SMILES string of the molecule is C=C(CC(=C)NN(C)C(=[Se])C1(C)CC1)NN(C)C(=[Se])C1(C)CC1. The molecule has 0 saturated heterocycles. The average molecular weight is 446 g/mol. The molecule has 4 nitrogen and oxygen atoms in total. The summed E-state index contributed by atoms with van der Waals surface area (Å²) in [6, 6.07) is 0. The summed E-state index contributed by atoms with van der Waals surface area (Å²) in [5, 5.41) is 4.09. The van der Waals surface area contributed by atoms with Gasteiger partial charge in [0.25, 0.3) is 0 Å². The zero-order chi connectivity index (χ0) is 17.4. The molecular formula is C17H28N4Se2. The van der Waals surface area contributed by atoms with Crippen molar-refractivity contribution in [3.63, 3.8) is 0 Å². The summed E-state index contributed by atoms with van der Waals surface area (Å²) >= 11 is 6.39. The maximum absolute atomic E-state index is 4.12. The van der Waals surface area contributed by atoms with E-state index in [0.29, 0.717) is 17.3 Å². The first-order chi connectivity index (χ1) is 10.6. The van der Waals surface area contributed by atoms with E-state index in [0.717, 1.165) is 11.4 Å². The topological polar surface area (TPSA) is 30.5 Å². The van der Waals surface area contributed by atoms with Crippen LogP contribution in [0.5, 0.6) is 0 Å². The molecule has 0 radical (unpaired) electrons. The van der Waals surface area contributed by atoms with Crippen molar-refractivity contribution < 1.29 is 0 Å². The Bertz CT molecular complexity index is 499. The Morgan fingerprint density at radius 3 is 1.43 bits per heavy atom. The van der Waals surface area contributed by atoms with Crippen LogP contribution in [0.1, 0.15) is 46.0 Å². The van der Waals surface area contributed by atoms with E-state index in [2.05, 4.69) is 69.0 Å². The molecule has 6 heteroatoms. The monoisotopic (exact) mass is 448 g/mol. The van der Waals surface area contributed by atoms with Crippen molar-refractivity contribution in [2.75, 3.05) is 14.1 Å². The van der Waals surface area contributed by atoms with Crippen molar-refractivity contribution in [3.05, 3.63) is 24.6 Å². The molecule has 0 aromatic rings. The van der Waals surface area contributed by atoms with Crippen LogP contribution in [-0.2, 0) is 0 Å². The molecule has 23 heavy (non-hydrogen) atoms. The van der Waals surface area contributed by atoms with Crippen molar-refractivity contribution in [2.24, 2.45) is 10.8 Å². The molecule has 128 valence electrons. The quantitative estimate of drug-likeness (QED) is 0.393. The Morgan fingerprint density at radius 2 is 1.17 bits per heavy atom. The van der Waals surface area contributed by atoms with E-state index >= 15 is 0 Å². The summed E-state index contributed by atoms with van der Waals surface area (Å²) in [6.45, 7) is 12.8. The molecule has 0 bridgehead atoms. The molecule has 0 atom stereocenters. The first kappa shape index (κ1) is 18.8. The van der Waals surface area contributed by atoms with E-state index in [1.54, 1.807) is 0 Å². The van der Waals surface area contributed by atoms with Gasteiger partial charge in [-0.3, -0.25) is 0 Å². The third-order valence-electron chi connectivity index (χ3n) is 4.72. The Balaban J connectivity index is 1.75. The molecular weight excluding hydrogens is 418 g/mol. The fourth-order valence-corrected chi connectivity index (χ4v) is 3.57. The predicted octanol–water partition coefficient (Wildman–Crippen LogP) is 1.47. The van der Waals surface area contributed by atoms with E-state index in [9.17, 15) is 0 Å². The second-order valence-electron chi connectivity index (χ2n) is 7.46. The molecule has 2 N–H and O–H groups in total. The Kier molecular flexibility index (Phi) is 5.52. The van der Waals surface area contributed by atoms with Gasteiger partial charge in [-0.15, -0.1) is 0 Å². The second kappa shape index (κ2) is 6.76. The summed E-state index contributed by atoms with van der Waals surface area (Å²) < 4.78 is 2.49. The van der Waals surface area contributed by atoms with Gasteiger partial charge < -0.3 is 0 Å². The molecule has 2 fully saturated rings. The van der Waals surface area contributed by atoms with Gasteiger partial charge in [0.2, 0.25) is 0 Å². The van der Waals surface area contributed by atoms with Crippen LogP contribution in [0, 0.1) is 10.8 Å². The van der Waals surface area contributed by atoms with E-state index in [1.807, 2.05) is 24.1 Å². The molecule has 2 saturated carbocycles. The van der Waals surface area contributed by atoms with Gasteiger partial charge >= 0.3 is 157 Å². The maximum atomic E-state index is 4.12. The van der Waals surface area contributed by atoms with Gasteiger partial charge in [0.1, 0.15) is 0 Å². The molecule has 0 aliphatic heterocycles. The molecule has 0 aromatic heterocycles. The standard InChI is InChI=1S/C17H28N4Se2/c1-12(18-20(5)14(22)16(3)7-8-16)11-13(2)19-21(6)15(23)17(4)9-10-17/h18-19H,1-2,7-11H2,3-6H3. The van der Waals surface area contributed by atoms with Gasteiger partial charge in [0.15, 0.2) is 0 Å². The molecule has 0 unspecified atom stereocenters. The molecule has 0 aromatic carbocycles. The van der Waals surface area contributed by atoms with Gasteiger partial charge in [-0.25, -0.2) is 0 Å². The number of nitrogens with zero attached hydrogens (tertiary/aromatic N) is 2. The van der Waals surface area contributed by atoms with Gasteiger partial charge in [-0.2, -0.15) is 0 Å². The van der Waals surface area contributed by atoms with Crippen LogP contribution in [0.25, 0.3) is 0 Å². The van der Waals surface area contributed by atoms with Crippen LogP contribution in [-0.4, -0.2) is 64.3 Å². The predicted molar refractivity (Wildman–Crippen MR) is 101 cm³/mol. The van der Waals surface area contributed by atoms with Crippen LogP contribution in [0.3, 0.4) is 0 Å². The number of hydrogen-bond acceptors (Lipinski definition) is 4. The van der Waals surface area contributed by atoms with Crippen LogP contribution >= 0.6 is 0 Å². The van der Waals surface area contributed by atoms with Gasteiger partial charge in [0.05, 0.1) is 0 Å². The summed E-state index contributed by atoms with van der Waals surface area (Å²) in [4.78, 5) is 0. The Labute approximate surface area is 156 Å². The number of hydrogen-bond donors (Lipinski definition) is 2. The first-order valence-corrected chi connectivity index (χ1v) is 9.74. The van der Waals surface area contributed by atoms with E-state index < -0.39 is 0 Å². The summed E-state index contributed by atoms with van der Waals surface area (Å²) in [5.74, 6) is 0. The van der Waals surface area contributed by atoms with Crippen molar-refractivity contribution in [3.8, 4) is 0 Å². The fraction of sp³-hybridized carbons (Fsp3) is 0.647. The molecule has 2 aliphatic carbocycles. The average Bonchev–Trinajstić information content (AvgIpc) is 3.37. The zero-order valence-electron chi connectivity index (χ0n) is 14.7. The van der Waals surface area contributed by atoms with E-state index in [1.165, 1.54) is 34.8 Å². The normalized spacial score (nSPS) is 19.3. The minimum absolute atomic E-state index is 0.319. The third kappa shape index (κ3) is 4.73. The van der Waals surface area contributed by atoms with Crippen molar-refractivity contribution in [1.29, 1.82) is 0 Å². The fourth-order valence-electron chi connectivity index (χ4n) is 2.53. The second-order valence-corrected chi connectivity index (χ2v) is 9.08. The number of rotatable bonds is 10. The van der Waals surface area contributed by atoms with Crippen LogP contribution in [0.15, 0.2) is 24.6 Å². The molecule has 2 rings (SSSR count). The van der Waals surface area contributed by atoms with Crippen molar-refractivity contribution >= 4 is 40.2 Å². The molecule has 0 heterocycles. The number of hydrazine groups is 2. The van der Waals surface area contributed by atoms with Gasteiger partial charge in [0, 0.05) is 0 Å². The molecule has 0 amide bonds. The van der Waals surface area contributed by atoms with Crippen LogP contribution < -0.4 is 10.9 Å².